The molecule has 3 nitrogen and oxygen atoms in total. The minimum Gasteiger partial charge on any atom is -0.366 e. The fourth-order valence-corrected chi connectivity index (χ4v) is 1.96. The fraction of sp³-hybridized carbons (Fsp3) is 0.417. The first-order chi connectivity index (χ1) is 8.54. The van der Waals surface area contributed by atoms with Crippen molar-refractivity contribution in [3.63, 3.8) is 0 Å². The van der Waals surface area contributed by atoms with Gasteiger partial charge in [-0.3, -0.25) is 4.79 Å². The van der Waals surface area contributed by atoms with Gasteiger partial charge in [-0.15, -0.1) is 0 Å². The van der Waals surface area contributed by atoms with Crippen LogP contribution in [0.2, 0.25) is 0 Å². The molecule has 1 heterocycles. The number of ketones is 1. The maximum Gasteiger partial charge on any atom is 0.195 e. The number of nitrogens with two attached hydrogens (primary N) is 1. The molecule has 1 saturated heterocycles. The van der Waals surface area contributed by atoms with Crippen LogP contribution in [0.5, 0.6) is 0 Å². The first kappa shape index (κ1) is 13.0. The van der Waals surface area contributed by atoms with E-state index >= 15 is 0 Å². The number of benzene rings is 1. The Kier molecular flexibility index (Phi) is 3.68. The lowest BCUT2D eigenvalue weighted by molar-refractivity contribution is 0.0400. The van der Waals surface area contributed by atoms with Gasteiger partial charge < -0.3 is 10.5 Å². The van der Waals surface area contributed by atoms with Gasteiger partial charge in [0.05, 0.1) is 11.7 Å². The number of hydrogen-bond donors (Lipinski definition) is 1. The molecule has 2 atom stereocenters. The topological polar surface area (TPSA) is 52.3 Å². The molecule has 0 radical (unpaired) electrons. The zero-order valence-corrected chi connectivity index (χ0v) is 9.46. The van der Waals surface area contributed by atoms with Crippen molar-refractivity contribution in [1.82, 2.24) is 0 Å². The summed E-state index contributed by atoms with van der Waals surface area (Å²) in [7, 11) is 0. The third-order valence-electron chi connectivity index (χ3n) is 2.96. The summed E-state index contributed by atoms with van der Waals surface area (Å²) in [5, 5.41) is 0. The van der Waals surface area contributed by atoms with Crippen molar-refractivity contribution in [2.24, 2.45) is 5.73 Å². The van der Waals surface area contributed by atoms with Gasteiger partial charge in [-0.2, -0.15) is 0 Å². The second-order valence-electron chi connectivity index (χ2n) is 4.15. The Hall–Kier alpha value is -1.40. The third-order valence-corrected chi connectivity index (χ3v) is 2.96. The van der Waals surface area contributed by atoms with E-state index in [1.807, 2.05) is 0 Å². The van der Waals surface area contributed by atoms with Crippen LogP contribution in [0.25, 0.3) is 0 Å². The molecule has 98 valence electrons. The monoisotopic (exact) mass is 259 g/mol. The predicted octanol–water partition coefficient (Wildman–Crippen LogP) is 1.79. The van der Waals surface area contributed by atoms with E-state index in [0.29, 0.717) is 12.8 Å². The largest absolute Gasteiger partial charge is 0.366 e. The van der Waals surface area contributed by atoms with Crippen molar-refractivity contribution in [1.29, 1.82) is 0 Å². The zero-order valence-electron chi connectivity index (χ0n) is 9.46. The van der Waals surface area contributed by atoms with Gasteiger partial charge in [0.2, 0.25) is 0 Å². The summed E-state index contributed by atoms with van der Waals surface area (Å²) >= 11 is 0. The summed E-state index contributed by atoms with van der Waals surface area (Å²) in [4.78, 5) is 11.9. The minimum absolute atomic E-state index is 0.243. The van der Waals surface area contributed by atoms with E-state index < -0.39 is 34.9 Å². The Labute approximate surface area is 102 Å². The fourth-order valence-electron chi connectivity index (χ4n) is 1.96. The van der Waals surface area contributed by atoms with Crippen molar-refractivity contribution in [2.45, 2.75) is 25.0 Å². The summed E-state index contributed by atoms with van der Waals surface area (Å²) in [6.07, 6.45) is -0.0811. The van der Waals surface area contributed by atoms with Gasteiger partial charge in [-0.1, -0.05) is 0 Å². The Morgan fingerprint density at radius 3 is 2.61 bits per heavy atom. The highest BCUT2D eigenvalue weighted by molar-refractivity contribution is 5.99. The maximum absolute atomic E-state index is 13.4. The number of Topliss-reactive ketones (excluding diaryl/α,β-unsaturated/α-hetero) is 1. The standard InChI is InChI=1S/C12H12F3NO2/c13-8-3-2-7(10(14)11(8)15)12(17)9-4-1-6(5-16)18-9/h2-3,6,9H,1,4-5,16H2. The zero-order chi connectivity index (χ0) is 13.3. The Bertz CT molecular complexity index is 479. The van der Waals surface area contributed by atoms with Crippen molar-refractivity contribution in [3.8, 4) is 0 Å². The number of carbonyl (C=O) groups excluding carboxylic acids is 1. The van der Waals surface area contributed by atoms with E-state index in [1.54, 1.807) is 0 Å². The van der Waals surface area contributed by atoms with E-state index in [9.17, 15) is 18.0 Å². The van der Waals surface area contributed by atoms with Crippen LogP contribution in [-0.2, 0) is 4.74 Å². The summed E-state index contributed by atoms with van der Waals surface area (Å²) in [6.45, 7) is 0.268. The molecule has 0 aromatic heterocycles. The van der Waals surface area contributed by atoms with E-state index in [0.717, 1.165) is 12.1 Å². The summed E-state index contributed by atoms with van der Waals surface area (Å²) in [5.74, 6) is -5.12. The van der Waals surface area contributed by atoms with E-state index in [1.165, 1.54) is 0 Å². The van der Waals surface area contributed by atoms with Crippen LogP contribution in [-0.4, -0.2) is 24.5 Å². The molecule has 6 heteroatoms. The van der Waals surface area contributed by atoms with E-state index in [2.05, 4.69) is 0 Å². The van der Waals surface area contributed by atoms with Gasteiger partial charge >= 0.3 is 0 Å². The Morgan fingerprint density at radius 1 is 1.28 bits per heavy atom. The molecule has 2 N–H and O–H groups in total. The van der Waals surface area contributed by atoms with Crippen molar-refractivity contribution in [3.05, 3.63) is 35.1 Å². The molecule has 1 aromatic rings. The first-order valence-corrected chi connectivity index (χ1v) is 5.57. The van der Waals surface area contributed by atoms with Crippen LogP contribution in [0, 0.1) is 17.5 Å². The molecule has 2 unspecified atom stereocenters. The number of hydrogen-bond acceptors (Lipinski definition) is 3. The highest BCUT2D eigenvalue weighted by atomic mass is 19.2. The van der Waals surface area contributed by atoms with Crippen LogP contribution in [0.1, 0.15) is 23.2 Å². The minimum atomic E-state index is -1.64. The SMILES string of the molecule is NCC1CCC(C(=O)c2ccc(F)c(F)c2F)O1. The Morgan fingerprint density at radius 2 is 2.00 bits per heavy atom. The first-order valence-electron chi connectivity index (χ1n) is 5.57. The van der Waals surface area contributed by atoms with Crippen LogP contribution < -0.4 is 5.73 Å². The third kappa shape index (κ3) is 2.26. The Balaban J connectivity index is 2.22. The van der Waals surface area contributed by atoms with Gasteiger partial charge in [0.1, 0.15) is 6.10 Å². The van der Waals surface area contributed by atoms with E-state index in [-0.39, 0.29) is 12.6 Å². The quantitative estimate of drug-likeness (QED) is 0.665. The van der Waals surface area contributed by atoms with E-state index in [4.69, 9.17) is 10.5 Å². The van der Waals surface area contributed by atoms with Crippen molar-refractivity contribution >= 4 is 5.78 Å². The van der Waals surface area contributed by atoms with Crippen molar-refractivity contribution in [2.75, 3.05) is 6.54 Å². The number of ether oxygens (including phenoxy) is 1. The molecule has 1 aromatic carbocycles. The molecule has 2 rings (SSSR count). The smallest absolute Gasteiger partial charge is 0.195 e. The van der Waals surface area contributed by atoms with Crippen molar-refractivity contribution < 1.29 is 22.7 Å². The average Bonchev–Trinajstić information content (AvgIpc) is 2.84. The molecule has 0 saturated carbocycles. The lowest BCUT2D eigenvalue weighted by Gasteiger charge is -2.12. The average molecular weight is 259 g/mol. The molecule has 0 aliphatic carbocycles. The second kappa shape index (κ2) is 5.07. The molecule has 1 aliphatic rings. The summed E-state index contributed by atoms with van der Waals surface area (Å²) in [5.41, 5.74) is 4.90. The molecule has 18 heavy (non-hydrogen) atoms. The lowest BCUT2D eigenvalue weighted by atomic mass is 10.0. The molecule has 1 fully saturated rings. The molecular formula is C12H12F3NO2. The van der Waals surface area contributed by atoms with Crippen LogP contribution in [0.4, 0.5) is 13.2 Å². The number of rotatable bonds is 3. The maximum atomic E-state index is 13.4. The number of carbonyl (C=O) groups is 1. The normalized spacial score (nSPS) is 23.3. The van der Waals surface area contributed by atoms with Crippen LogP contribution in [0.3, 0.4) is 0 Å². The van der Waals surface area contributed by atoms with Gasteiger partial charge in [0, 0.05) is 6.54 Å². The van der Waals surface area contributed by atoms with Gasteiger partial charge in [-0.25, -0.2) is 13.2 Å². The molecular weight excluding hydrogens is 247 g/mol. The molecule has 0 spiro atoms. The van der Waals surface area contributed by atoms with Crippen LogP contribution in [0.15, 0.2) is 12.1 Å². The molecule has 1 aliphatic heterocycles. The lowest BCUT2D eigenvalue weighted by Crippen LogP contribution is -2.26. The molecule has 0 amide bonds. The number of halogens is 3. The van der Waals surface area contributed by atoms with Gasteiger partial charge in [0.25, 0.3) is 0 Å². The summed E-state index contributed by atoms with van der Waals surface area (Å²) < 4.78 is 44.5. The van der Waals surface area contributed by atoms with Crippen LogP contribution >= 0.6 is 0 Å². The summed E-state index contributed by atoms with van der Waals surface area (Å²) in [6, 6.07) is 1.65. The highest BCUT2D eigenvalue weighted by Gasteiger charge is 2.32. The predicted molar refractivity (Wildman–Crippen MR) is 57.6 cm³/mol. The van der Waals surface area contributed by atoms with Gasteiger partial charge in [0.15, 0.2) is 23.2 Å². The van der Waals surface area contributed by atoms with Gasteiger partial charge in [-0.05, 0) is 25.0 Å². The second-order valence-corrected chi connectivity index (χ2v) is 4.15. The molecule has 0 bridgehead atoms. The highest BCUT2D eigenvalue weighted by Crippen LogP contribution is 2.24.